The van der Waals surface area contributed by atoms with Gasteiger partial charge in [0.1, 0.15) is 5.75 Å². The van der Waals surface area contributed by atoms with Crippen molar-refractivity contribution in [2.45, 2.75) is 13.0 Å². The van der Waals surface area contributed by atoms with E-state index in [1.807, 2.05) is 31.2 Å². The van der Waals surface area contributed by atoms with E-state index in [2.05, 4.69) is 5.43 Å². The molecule has 2 aromatic carbocycles. The summed E-state index contributed by atoms with van der Waals surface area (Å²) in [6.07, 6.45) is 0. The highest BCUT2D eigenvalue weighted by atomic mass is 35.5. The summed E-state index contributed by atoms with van der Waals surface area (Å²) >= 11 is 12.2. The Hall–Kier alpha value is -1.26. The molecular weight excluding hydrogens is 295 g/mol. The third-order valence-corrected chi connectivity index (χ3v) is 3.70. The number of rotatable bonds is 4. The molecule has 0 heterocycles. The van der Waals surface area contributed by atoms with E-state index in [9.17, 15) is 0 Å². The number of methoxy groups -OCH3 is 1. The van der Waals surface area contributed by atoms with E-state index in [1.165, 1.54) is 0 Å². The van der Waals surface area contributed by atoms with E-state index in [4.69, 9.17) is 33.8 Å². The van der Waals surface area contributed by atoms with Crippen LogP contribution in [0.5, 0.6) is 5.75 Å². The van der Waals surface area contributed by atoms with Crippen LogP contribution in [-0.2, 0) is 0 Å². The Balaban J connectivity index is 2.54. The summed E-state index contributed by atoms with van der Waals surface area (Å²) in [5, 5.41) is 1.15. The van der Waals surface area contributed by atoms with Gasteiger partial charge in [-0.15, -0.1) is 0 Å². The molecule has 106 valence electrons. The van der Waals surface area contributed by atoms with Gasteiger partial charge in [-0.3, -0.25) is 5.84 Å². The largest absolute Gasteiger partial charge is 0.496 e. The average molecular weight is 311 g/mol. The summed E-state index contributed by atoms with van der Waals surface area (Å²) in [5.41, 5.74) is 5.69. The molecule has 3 N–H and O–H groups in total. The summed E-state index contributed by atoms with van der Waals surface area (Å²) in [6, 6.07) is 11.0. The van der Waals surface area contributed by atoms with Crippen LogP contribution >= 0.6 is 23.2 Å². The van der Waals surface area contributed by atoms with Gasteiger partial charge in [-0.25, -0.2) is 5.43 Å². The standard InChI is InChI=1S/C15H16Cl2N2O/c1-9-3-6-14(20-2)12(7-9)15(19-18)11-5-4-10(16)8-13(11)17/h3-8,15,19H,18H2,1-2H3. The van der Waals surface area contributed by atoms with Crippen molar-refractivity contribution in [3.8, 4) is 5.75 Å². The molecule has 0 aliphatic carbocycles. The van der Waals surface area contributed by atoms with E-state index < -0.39 is 0 Å². The van der Waals surface area contributed by atoms with Crippen molar-refractivity contribution in [3.63, 3.8) is 0 Å². The van der Waals surface area contributed by atoms with Crippen molar-refractivity contribution in [2.75, 3.05) is 7.11 Å². The van der Waals surface area contributed by atoms with Crippen molar-refractivity contribution in [3.05, 3.63) is 63.1 Å². The third-order valence-electron chi connectivity index (χ3n) is 3.14. The maximum atomic E-state index is 6.27. The van der Waals surface area contributed by atoms with Gasteiger partial charge in [0.25, 0.3) is 0 Å². The zero-order chi connectivity index (χ0) is 14.7. The third kappa shape index (κ3) is 3.07. The fourth-order valence-corrected chi connectivity index (χ4v) is 2.68. The number of halogens is 2. The van der Waals surface area contributed by atoms with E-state index in [0.29, 0.717) is 10.0 Å². The predicted molar refractivity (Wildman–Crippen MR) is 83.4 cm³/mol. The molecule has 0 radical (unpaired) electrons. The van der Waals surface area contributed by atoms with Crippen LogP contribution in [-0.4, -0.2) is 7.11 Å². The van der Waals surface area contributed by atoms with Crippen molar-refractivity contribution >= 4 is 23.2 Å². The molecule has 0 amide bonds. The number of hydrogen-bond donors (Lipinski definition) is 2. The highest BCUT2D eigenvalue weighted by Gasteiger charge is 2.19. The minimum absolute atomic E-state index is 0.269. The maximum Gasteiger partial charge on any atom is 0.124 e. The summed E-state index contributed by atoms with van der Waals surface area (Å²) in [5.74, 6) is 6.47. The van der Waals surface area contributed by atoms with E-state index >= 15 is 0 Å². The molecule has 20 heavy (non-hydrogen) atoms. The average Bonchev–Trinajstić information content (AvgIpc) is 2.42. The first-order chi connectivity index (χ1) is 9.56. The first-order valence-corrected chi connectivity index (χ1v) is 6.88. The lowest BCUT2D eigenvalue weighted by molar-refractivity contribution is 0.404. The minimum Gasteiger partial charge on any atom is -0.496 e. The Morgan fingerprint density at radius 2 is 1.85 bits per heavy atom. The van der Waals surface area contributed by atoms with E-state index in [0.717, 1.165) is 22.4 Å². The number of benzene rings is 2. The van der Waals surface area contributed by atoms with Crippen LogP contribution in [0.3, 0.4) is 0 Å². The van der Waals surface area contributed by atoms with Gasteiger partial charge in [-0.2, -0.15) is 0 Å². The molecule has 0 aliphatic rings. The lowest BCUT2D eigenvalue weighted by Gasteiger charge is -2.21. The van der Waals surface area contributed by atoms with Gasteiger partial charge < -0.3 is 4.74 Å². The number of nitrogens with one attached hydrogen (secondary N) is 1. The summed E-state index contributed by atoms with van der Waals surface area (Å²) in [4.78, 5) is 0. The highest BCUT2D eigenvalue weighted by molar-refractivity contribution is 6.35. The van der Waals surface area contributed by atoms with Crippen LogP contribution in [0, 0.1) is 6.92 Å². The molecule has 2 rings (SSSR count). The quantitative estimate of drug-likeness (QED) is 0.666. The van der Waals surface area contributed by atoms with Crippen LogP contribution in [0.25, 0.3) is 0 Å². The van der Waals surface area contributed by atoms with Crippen LogP contribution in [0.4, 0.5) is 0 Å². The number of hydrogen-bond acceptors (Lipinski definition) is 3. The second-order valence-electron chi connectivity index (χ2n) is 4.51. The van der Waals surface area contributed by atoms with Gasteiger partial charge in [0, 0.05) is 15.6 Å². The predicted octanol–water partition coefficient (Wildman–Crippen LogP) is 3.86. The normalized spacial score (nSPS) is 12.2. The van der Waals surface area contributed by atoms with Gasteiger partial charge in [0.15, 0.2) is 0 Å². The lowest BCUT2D eigenvalue weighted by Crippen LogP contribution is -2.29. The molecule has 0 saturated carbocycles. The molecule has 0 fully saturated rings. The van der Waals surface area contributed by atoms with Gasteiger partial charge in [-0.1, -0.05) is 47.0 Å². The molecule has 5 heteroatoms. The Bertz CT molecular complexity index is 617. The molecule has 0 saturated heterocycles. The fourth-order valence-electron chi connectivity index (χ4n) is 2.16. The molecular formula is C15H16Cl2N2O. The summed E-state index contributed by atoms with van der Waals surface area (Å²) in [7, 11) is 1.63. The molecule has 3 nitrogen and oxygen atoms in total. The summed E-state index contributed by atoms with van der Waals surface area (Å²) < 4.78 is 5.40. The van der Waals surface area contributed by atoms with Crippen LogP contribution < -0.4 is 16.0 Å². The van der Waals surface area contributed by atoms with E-state index in [1.54, 1.807) is 19.2 Å². The second kappa shape index (κ2) is 6.46. The summed E-state index contributed by atoms with van der Waals surface area (Å²) in [6.45, 7) is 2.01. The molecule has 0 bridgehead atoms. The second-order valence-corrected chi connectivity index (χ2v) is 5.35. The smallest absolute Gasteiger partial charge is 0.124 e. The minimum atomic E-state index is -0.269. The van der Waals surface area contributed by atoms with Crippen molar-refractivity contribution in [1.82, 2.24) is 5.43 Å². The Morgan fingerprint density at radius 3 is 2.45 bits per heavy atom. The molecule has 0 spiro atoms. The van der Waals surface area contributed by atoms with Gasteiger partial charge in [0.2, 0.25) is 0 Å². The lowest BCUT2D eigenvalue weighted by atomic mass is 9.97. The molecule has 0 aromatic heterocycles. The number of hydrazine groups is 1. The van der Waals surface area contributed by atoms with Crippen molar-refractivity contribution < 1.29 is 4.74 Å². The van der Waals surface area contributed by atoms with E-state index in [-0.39, 0.29) is 6.04 Å². The van der Waals surface area contributed by atoms with Crippen LogP contribution in [0.15, 0.2) is 36.4 Å². The number of nitrogens with two attached hydrogens (primary N) is 1. The zero-order valence-corrected chi connectivity index (χ0v) is 12.8. The Labute approximate surface area is 128 Å². The molecule has 2 aromatic rings. The maximum absolute atomic E-state index is 6.27. The zero-order valence-electron chi connectivity index (χ0n) is 11.3. The highest BCUT2D eigenvalue weighted by Crippen LogP contribution is 2.34. The molecule has 1 unspecified atom stereocenters. The fraction of sp³-hybridized carbons (Fsp3) is 0.200. The van der Waals surface area contributed by atoms with Gasteiger partial charge >= 0.3 is 0 Å². The van der Waals surface area contributed by atoms with Gasteiger partial charge in [0.05, 0.1) is 13.2 Å². The van der Waals surface area contributed by atoms with Gasteiger partial charge in [-0.05, 0) is 30.7 Å². The van der Waals surface area contributed by atoms with Crippen molar-refractivity contribution in [2.24, 2.45) is 5.84 Å². The van der Waals surface area contributed by atoms with Crippen LogP contribution in [0.2, 0.25) is 10.0 Å². The van der Waals surface area contributed by atoms with Crippen LogP contribution in [0.1, 0.15) is 22.7 Å². The van der Waals surface area contributed by atoms with Crippen molar-refractivity contribution in [1.29, 1.82) is 0 Å². The Kier molecular flexibility index (Phi) is 4.89. The molecule has 0 aliphatic heterocycles. The topological polar surface area (TPSA) is 47.3 Å². The number of ether oxygens (including phenoxy) is 1. The monoisotopic (exact) mass is 310 g/mol. The SMILES string of the molecule is COc1ccc(C)cc1C(NN)c1ccc(Cl)cc1Cl. The molecule has 1 atom stereocenters. The Morgan fingerprint density at radius 1 is 1.10 bits per heavy atom. The number of aryl methyl sites for hydroxylation is 1. The first kappa shape index (κ1) is 15.1. The first-order valence-electron chi connectivity index (χ1n) is 6.12.